The lowest BCUT2D eigenvalue weighted by atomic mass is 10.0. The number of amides is 1. The zero-order chi connectivity index (χ0) is 14.4. The van der Waals surface area contributed by atoms with Gasteiger partial charge >= 0.3 is 0 Å². The van der Waals surface area contributed by atoms with Crippen molar-refractivity contribution in [2.24, 2.45) is 0 Å². The molecule has 1 amide bonds. The minimum Gasteiger partial charge on any atom is -0.492 e. The first-order valence-corrected chi connectivity index (χ1v) is 7.41. The monoisotopic (exact) mass is 296 g/mol. The predicted octanol–water partition coefficient (Wildman–Crippen LogP) is 2.32. The van der Waals surface area contributed by atoms with Gasteiger partial charge in [-0.25, -0.2) is 0 Å². The molecule has 1 atom stereocenters. The predicted molar refractivity (Wildman–Crippen MR) is 80.2 cm³/mol. The van der Waals surface area contributed by atoms with Crippen molar-refractivity contribution in [3.63, 3.8) is 0 Å². The summed E-state index contributed by atoms with van der Waals surface area (Å²) < 4.78 is 5.60. The standard InChI is InChI=1S/C15H21ClN2O2/c1-18(15(19)14-7-2-3-8-17-14)9-10-20-13-6-4-5-12(16)11-13/h4-6,11,14,17H,2-3,7-10H2,1H3/t14-/m0/s1. The molecule has 0 saturated carbocycles. The molecule has 110 valence electrons. The van der Waals surface area contributed by atoms with Gasteiger partial charge in [0, 0.05) is 12.1 Å². The van der Waals surface area contributed by atoms with Gasteiger partial charge in [0.2, 0.25) is 5.91 Å². The van der Waals surface area contributed by atoms with E-state index < -0.39 is 0 Å². The molecule has 0 radical (unpaired) electrons. The van der Waals surface area contributed by atoms with E-state index in [1.165, 1.54) is 0 Å². The summed E-state index contributed by atoms with van der Waals surface area (Å²) in [5.41, 5.74) is 0. The lowest BCUT2D eigenvalue weighted by molar-refractivity contribution is -0.133. The van der Waals surface area contributed by atoms with Gasteiger partial charge in [-0.1, -0.05) is 24.1 Å². The highest BCUT2D eigenvalue weighted by molar-refractivity contribution is 6.30. The quantitative estimate of drug-likeness (QED) is 0.907. The Morgan fingerprint density at radius 2 is 2.35 bits per heavy atom. The van der Waals surface area contributed by atoms with Crippen LogP contribution in [0.2, 0.25) is 5.02 Å². The van der Waals surface area contributed by atoms with E-state index in [0.717, 1.165) is 31.6 Å². The molecule has 1 aromatic rings. The molecular formula is C15H21ClN2O2. The van der Waals surface area contributed by atoms with Gasteiger partial charge in [0.1, 0.15) is 12.4 Å². The lowest BCUT2D eigenvalue weighted by Crippen LogP contribution is -2.48. The van der Waals surface area contributed by atoms with E-state index >= 15 is 0 Å². The molecule has 0 aliphatic carbocycles. The van der Waals surface area contributed by atoms with Crippen molar-refractivity contribution in [2.45, 2.75) is 25.3 Å². The van der Waals surface area contributed by atoms with Gasteiger partial charge in [0.25, 0.3) is 0 Å². The van der Waals surface area contributed by atoms with Crippen LogP contribution < -0.4 is 10.1 Å². The first kappa shape index (κ1) is 15.1. The van der Waals surface area contributed by atoms with Crippen molar-refractivity contribution >= 4 is 17.5 Å². The number of hydrogen-bond acceptors (Lipinski definition) is 3. The normalized spacial score (nSPS) is 18.6. The molecule has 1 N–H and O–H groups in total. The largest absolute Gasteiger partial charge is 0.492 e. The van der Waals surface area contributed by atoms with Crippen LogP contribution in [0.3, 0.4) is 0 Å². The number of benzene rings is 1. The molecule has 1 saturated heterocycles. The van der Waals surface area contributed by atoms with Crippen LogP contribution in [0.15, 0.2) is 24.3 Å². The summed E-state index contributed by atoms with van der Waals surface area (Å²) in [5.74, 6) is 0.883. The van der Waals surface area contributed by atoms with E-state index in [-0.39, 0.29) is 11.9 Å². The van der Waals surface area contributed by atoms with E-state index in [1.807, 2.05) is 19.2 Å². The van der Waals surface area contributed by atoms with Crippen molar-refractivity contribution in [1.82, 2.24) is 10.2 Å². The van der Waals surface area contributed by atoms with Crippen LogP contribution in [-0.4, -0.2) is 43.6 Å². The molecule has 1 aliphatic heterocycles. The smallest absolute Gasteiger partial charge is 0.239 e. The maximum Gasteiger partial charge on any atom is 0.239 e. The average Bonchev–Trinajstić information content (AvgIpc) is 2.47. The highest BCUT2D eigenvalue weighted by Crippen LogP contribution is 2.17. The van der Waals surface area contributed by atoms with Gasteiger partial charge in [-0.15, -0.1) is 0 Å². The number of hydrogen-bond donors (Lipinski definition) is 1. The van der Waals surface area contributed by atoms with Gasteiger partial charge in [0.05, 0.1) is 12.6 Å². The third-order valence-corrected chi connectivity index (χ3v) is 3.71. The van der Waals surface area contributed by atoms with Gasteiger partial charge in [-0.2, -0.15) is 0 Å². The topological polar surface area (TPSA) is 41.6 Å². The first-order valence-electron chi connectivity index (χ1n) is 7.03. The second kappa shape index (κ2) is 7.50. The molecule has 1 aliphatic rings. The Morgan fingerprint density at radius 1 is 1.50 bits per heavy atom. The second-order valence-electron chi connectivity index (χ2n) is 5.07. The summed E-state index contributed by atoms with van der Waals surface area (Å²) in [4.78, 5) is 13.9. The Morgan fingerprint density at radius 3 is 3.05 bits per heavy atom. The van der Waals surface area contributed by atoms with E-state index in [4.69, 9.17) is 16.3 Å². The van der Waals surface area contributed by atoms with E-state index in [2.05, 4.69) is 5.32 Å². The molecule has 0 bridgehead atoms. The molecule has 2 rings (SSSR count). The molecular weight excluding hydrogens is 276 g/mol. The zero-order valence-electron chi connectivity index (χ0n) is 11.8. The molecule has 5 heteroatoms. The third kappa shape index (κ3) is 4.39. The number of likely N-dealkylation sites (N-methyl/N-ethyl adjacent to an activating group) is 1. The Balaban J connectivity index is 1.74. The highest BCUT2D eigenvalue weighted by Gasteiger charge is 2.23. The summed E-state index contributed by atoms with van der Waals surface area (Å²) in [5, 5.41) is 3.92. The maximum absolute atomic E-state index is 12.2. The number of nitrogens with zero attached hydrogens (tertiary/aromatic N) is 1. The molecule has 20 heavy (non-hydrogen) atoms. The van der Waals surface area contributed by atoms with Crippen molar-refractivity contribution in [3.05, 3.63) is 29.3 Å². The number of piperidine rings is 1. The highest BCUT2D eigenvalue weighted by atomic mass is 35.5. The summed E-state index contributed by atoms with van der Waals surface area (Å²) in [7, 11) is 1.82. The Kier molecular flexibility index (Phi) is 5.68. The molecule has 4 nitrogen and oxygen atoms in total. The number of ether oxygens (including phenoxy) is 1. The maximum atomic E-state index is 12.2. The van der Waals surface area contributed by atoms with Crippen LogP contribution in [0.5, 0.6) is 5.75 Å². The molecule has 0 unspecified atom stereocenters. The van der Waals surface area contributed by atoms with Gasteiger partial charge in [-0.05, 0) is 37.6 Å². The van der Waals surface area contributed by atoms with Crippen molar-refractivity contribution in [2.75, 3.05) is 26.7 Å². The summed E-state index contributed by atoms with van der Waals surface area (Å²) in [6, 6.07) is 7.25. The minimum atomic E-state index is -0.0279. The SMILES string of the molecule is CN(CCOc1cccc(Cl)c1)C(=O)[C@@H]1CCCCN1. The third-order valence-electron chi connectivity index (χ3n) is 3.48. The minimum absolute atomic E-state index is 0.0279. The molecule has 1 aromatic carbocycles. The molecule has 1 fully saturated rings. The van der Waals surface area contributed by atoms with E-state index in [0.29, 0.717) is 18.2 Å². The fourth-order valence-corrected chi connectivity index (χ4v) is 2.48. The van der Waals surface area contributed by atoms with Crippen LogP contribution in [0.1, 0.15) is 19.3 Å². The number of carbonyl (C=O) groups is 1. The van der Waals surface area contributed by atoms with E-state index in [9.17, 15) is 4.79 Å². The van der Waals surface area contributed by atoms with E-state index in [1.54, 1.807) is 17.0 Å². The van der Waals surface area contributed by atoms with Crippen molar-refractivity contribution in [3.8, 4) is 5.75 Å². The summed E-state index contributed by atoms with van der Waals surface area (Å²) in [6.45, 7) is 1.97. The van der Waals surface area contributed by atoms with Crippen molar-refractivity contribution in [1.29, 1.82) is 0 Å². The van der Waals surface area contributed by atoms with Crippen LogP contribution in [0.4, 0.5) is 0 Å². The van der Waals surface area contributed by atoms with Crippen LogP contribution in [0, 0.1) is 0 Å². The van der Waals surface area contributed by atoms with Gasteiger partial charge in [0.15, 0.2) is 0 Å². The molecule has 0 spiro atoms. The fourth-order valence-electron chi connectivity index (χ4n) is 2.30. The average molecular weight is 297 g/mol. The zero-order valence-corrected chi connectivity index (χ0v) is 12.5. The Labute approximate surface area is 125 Å². The van der Waals surface area contributed by atoms with Crippen LogP contribution >= 0.6 is 11.6 Å². The van der Waals surface area contributed by atoms with Crippen molar-refractivity contribution < 1.29 is 9.53 Å². The summed E-state index contributed by atoms with van der Waals surface area (Å²) >= 11 is 5.89. The summed E-state index contributed by atoms with van der Waals surface area (Å²) in [6.07, 6.45) is 3.21. The second-order valence-corrected chi connectivity index (χ2v) is 5.50. The number of halogens is 1. The fraction of sp³-hybridized carbons (Fsp3) is 0.533. The molecule has 1 heterocycles. The van der Waals surface area contributed by atoms with Gasteiger partial charge < -0.3 is 15.0 Å². The van der Waals surface area contributed by atoms with Gasteiger partial charge in [-0.3, -0.25) is 4.79 Å². The number of nitrogens with one attached hydrogen (secondary N) is 1. The number of rotatable bonds is 5. The Hall–Kier alpha value is -1.26. The Bertz CT molecular complexity index is 447. The van der Waals surface area contributed by atoms with Crippen LogP contribution in [-0.2, 0) is 4.79 Å². The number of carbonyl (C=O) groups excluding carboxylic acids is 1. The first-order chi connectivity index (χ1) is 9.66. The lowest BCUT2D eigenvalue weighted by Gasteiger charge is -2.27. The molecule has 0 aromatic heterocycles. The van der Waals surface area contributed by atoms with Crippen LogP contribution in [0.25, 0.3) is 0 Å².